The summed E-state index contributed by atoms with van der Waals surface area (Å²) in [4.78, 5) is 16.1. The largest absolute Gasteiger partial charge is 0.466 e. The number of rotatable bonds is 5. The summed E-state index contributed by atoms with van der Waals surface area (Å²) in [6.07, 6.45) is 1.73. The molecule has 0 radical (unpaired) electrons. The maximum Gasteiger partial charge on any atom is 0.466 e. The van der Waals surface area contributed by atoms with E-state index in [1.807, 2.05) is 33.8 Å². The molecule has 23 heavy (non-hydrogen) atoms. The zero-order valence-electron chi connectivity index (χ0n) is 14.3. The number of ether oxygens (including phenoxy) is 1. The fraction of sp³-hybridized carbons (Fsp3) is 0.625. The van der Waals surface area contributed by atoms with Crippen molar-refractivity contribution in [3.63, 3.8) is 0 Å². The Morgan fingerprint density at radius 1 is 1.35 bits per heavy atom. The van der Waals surface area contributed by atoms with Gasteiger partial charge in [-0.05, 0) is 46.2 Å². The van der Waals surface area contributed by atoms with Crippen LogP contribution in [0.1, 0.15) is 52.4 Å². The molecule has 2 rings (SSSR count). The highest BCUT2D eigenvalue weighted by Gasteiger charge is 2.54. The molecule has 0 aliphatic carbocycles. The van der Waals surface area contributed by atoms with Crippen molar-refractivity contribution in [1.82, 2.24) is 4.98 Å². The fourth-order valence-corrected chi connectivity index (χ4v) is 2.74. The molecule has 1 aliphatic rings. The Balaban J connectivity index is 2.32. The summed E-state index contributed by atoms with van der Waals surface area (Å²) < 4.78 is 17.3. The minimum absolute atomic E-state index is 0.121. The summed E-state index contributed by atoms with van der Waals surface area (Å²) in [6, 6.07) is 3.62. The van der Waals surface area contributed by atoms with Gasteiger partial charge in [-0.25, -0.2) is 4.98 Å². The standard InChI is InChI=1S/C16H23BClNO4/c1-6-21-13(20)10-12(11-8-7-9-19-14(11)18)17-22-15(2,3)16(4,5)23-17/h7-9,12H,6,10H2,1-5H3. The SMILES string of the molecule is CCOC(=O)CC(B1OC(C)(C)C(C)(C)O1)c1cccnc1Cl. The first-order valence-corrected chi connectivity index (χ1v) is 8.17. The summed E-state index contributed by atoms with van der Waals surface area (Å²) in [5.41, 5.74) is -0.251. The van der Waals surface area contributed by atoms with Crippen LogP contribution in [0.25, 0.3) is 0 Å². The van der Waals surface area contributed by atoms with Gasteiger partial charge in [0.05, 0.1) is 24.2 Å². The van der Waals surface area contributed by atoms with Crippen LogP contribution in [-0.4, -0.2) is 35.9 Å². The maximum absolute atomic E-state index is 12.0. The van der Waals surface area contributed by atoms with Gasteiger partial charge in [0.15, 0.2) is 0 Å². The average Bonchev–Trinajstić information content (AvgIpc) is 2.66. The number of esters is 1. The molecule has 1 aromatic heterocycles. The summed E-state index contributed by atoms with van der Waals surface area (Å²) in [5.74, 6) is -0.691. The van der Waals surface area contributed by atoms with Crippen molar-refractivity contribution in [2.24, 2.45) is 0 Å². The van der Waals surface area contributed by atoms with Crippen molar-refractivity contribution in [2.45, 2.75) is 58.1 Å². The van der Waals surface area contributed by atoms with E-state index in [1.54, 1.807) is 19.2 Å². The molecule has 2 heterocycles. The average molecular weight is 340 g/mol. The lowest BCUT2D eigenvalue weighted by atomic mass is 9.66. The van der Waals surface area contributed by atoms with Gasteiger partial charge < -0.3 is 14.0 Å². The van der Waals surface area contributed by atoms with Gasteiger partial charge in [-0.3, -0.25) is 4.79 Å². The Morgan fingerprint density at radius 2 is 1.96 bits per heavy atom. The van der Waals surface area contributed by atoms with E-state index in [9.17, 15) is 4.79 Å². The highest BCUT2D eigenvalue weighted by Crippen LogP contribution is 2.42. The predicted octanol–water partition coefficient (Wildman–Crippen LogP) is 3.40. The van der Waals surface area contributed by atoms with Gasteiger partial charge in [0.2, 0.25) is 0 Å². The first kappa shape index (κ1) is 18.2. The molecule has 0 N–H and O–H groups in total. The lowest BCUT2D eigenvalue weighted by molar-refractivity contribution is -0.143. The number of carbonyl (C=O) groups excluding carboxylic acids is 1. The van der Waals surface area contributed by atoms with Crippen LogP contribution >= 0.6 is 11.6 Å². The van der Waals surface area contributed by atoms with Crippen LogP contribution in [0.3, 0.4) is 0 Å². The molecule has 1 aliphatic heterocycles. The number of carbonyl (C=O) groups is 1. The van der Waals surface area contributed by atoms with Crippen LogP contribution in [0.5, 0.6) is 0 Å². The second-order valence-corrected chi connectivity index (χ2v) is 6.98. The monoisotopic (exact) mass is 339 g/mol. The molecular weight excluding hydrogens is 316 g/mol. The van der Waals surface area contributed by atoms with E-state index in [2.05, 4.69) is 4.98 Å². The van der Waals surface area contributed by atoms with Crippen LogP contribution in [-0.2, 0) is 18.8 Å². The van der Waals surface area contributed by atoms with Crippen molar-refractivity contribution in [3.05, 3.63) is 29.0 Å². The summed E-state index contributed by atoms with van der Waals surface area (Å²) >= 11 is 6.23. The number of aromatic nitrogens is 1. The zero-order chi connectivity index (χ0) is 17.3. The molecule has 1 atom stereocenters. The molecule has 0 spiro atoms. The fourth-order valence-electron chi connectivity index (χ4n) is 2.48. The maximum atomic E-state index is 12.0. The Hall–Kier alpha value is -1.11. The highest BCUT2D eigenvalue weighted by atomic mass is 35.5. The predicted molar refractivity (Wildman–Crippen MR) is 89.3 cm³/mol. The van der Waals surface area contributed by atoms with E-state index in [1.165, 1.54) is 0 Å². The Bertz CT molecular complexity index is 563. The topological polar surface area (TPSA) is 57.7 Å². The lowest BCUT2D eigenvalue weighted by Gasteiger charge is -2.32. The van der Waals surface area contributed by atoms with Crippen molar-refractivity contribution in [1.29, 1.82) is 0 Å². The van der Waals surface area contributed by atoms with Gasteiger partial charge in [0.25, 0.3) is 0 Å². The molecule has 0 amide bonds. The van der Waals surface area contributed by atoms with E-state index in [-0.39, 0.29) is 18.2 Å². The molecule has 0 saturated carbocycles. The minimum Gasteiger partial charge on any atom is -0.466 e. The van der Waals surface area contributed by atoms with Crippen LogP contribution < -0.4 is 0 Å². The Labute approximate surface area is 142 Å². The quantitative estimate of drug-likeness (QED) is 0.467. The lowest BCUT2D eigenvalue weighted by Crippen LogP contribution is -2.41. The summed E-state index contributed by atoms with van der Waals surface area (Å²) in [5, 5.41) is 0.344. The van der Waals surface area contributed by atoms with E-state index in [4.69, 9.17) is 25.6 Å². The third-order valence-corrected chi connectivity index (χ3v) is 4.80. The minimum atomic E-state index is -0.592. The smallest absolute Gasteiger partial charge is 0.466 e. The summed E-state index contributed by atoms with van der Waals surface area (Å²) in [6.45, 7) is 9.99. The van der Waals surface area contributed by atoms with Crippen LogP contribution in [0.15, 0.2) is 18.3 Å². The third-order valence-electron chi connectivity index (χ3n) is 4.48. The molecule has 5 nitrogen and oxygen atoms in total. The van der Waals surface area contributed by atoms with Crippen LogP contribution in [0.4, 0.5) is 0 Å². The number of halogens is 1. The van der Waals surface area contributed by atoms with Crippen molar-refractivity contribution in [2.75, 3.05) is 6.61 Å². The molecule has 1 aromatic rings. The second-order valence-electron chi connectivity index (χ2n) is 6.62. The van der Waals surface area contributed by atoms with Gasteiger partial charge in [-0.2, -0.15) is 0 Å². The Morgan fingerprint density at radius 3 is 2.48 bits per heavy atom. The molecule has 7 heteroatoms. The molecule has 1 unspecified atom stereocenters. The van der Waals surface area contributed by atoms with Crippen molar-refractivity contribution < 1.29 is 18.8 Å². The number of pyridine rings is 1. The van der Waals surface area contributed by atoms with Crippen molar-refractivity contribution in [3.8, 4) is 0 Å². The van der Waals surface area contributed by atoms with E-state index in [0.29, 0.717) is 11.8 Å². The normalized spacial score (nSPS) is 20.3. The van der Waals surface area contributed by atoms with E-state index >= 15 is 0 Å². The zero-order valence-corrected chi connectivity index (χ0v) is 15.0. The Kier molecular flexibility index (Phi) is 5.39. The van der Waals surface area contributed by atoms with Crippen LogP contribution in [0, 0.1) is 0 Å². The second kappa shape index (κ2) is 6.79. The van der Waals surface area contributed by atoms with E-state index < -0.39 is 18.3 Å². The molecule has 0 aromatic carbocycles. The first-order valence-electron chi connectivity index (χ1n) is 7.79. The molecule has 1 saturated heterocycles. The third kappa shape index (κ3) is 3.87. The van der Waals surface area contributed by atoms with Crippen molar-refractivity contribution >= 4 is 24.7 Å². The molecule has 126 valence electrons. The van der Waals surface area contributed by atoms with Gasteiger partial charge in [-0.15, -0.1) is 0 Å². The number of hydrogen-bond donors (Lipinski definition) is 0. The van der Waals surface area contributed by atoms with Crippen LogP contribution in [0.2, 0.25) is 5.15 Å². The molecule has 1 fully saturated rings. The van der Waals surface area contributed by atoms with Gasteiger partial charge in [0.1, 0.15) is 5.15 Å². The molecule has 0 bridgehead atoms. The van der Waals surface area contributed by atoms with Gasteiger partial charge >= 0.3 is 13.1 Å². The van der Waals surface area contributed by atoms with E-state index in [0.717, 1.165) is 5.56 Å². The number of hydrogen-bond acceptors (Lipinski definition) is 5. The highest BCUT2D eigenvalue weighted by molar-refractivity contribution is 6.48. The first-order chi connectivity index (χ1) is 10.7. The molecular formula is C16H23BClNO4. The number of nitrogens with zero attached hydrogens (tertiary/aromatic N) is 1. The van der Waals surface area contributed by atoms with Gasteiger partial charge in [0, 0.05) is 12.0 Å². The van der Waals surface area contributed by atoms with Gasteiger partial charge in [-0.1, -0.05) is 17.7 Å². The summed E-state index contributed by atoms with van der Waals surface area (Å²) in [7, 11) is -0.592.